The van der Waals surface area contributed by atoms with Gasteiger partial charge in [0.2, 0.25) is 0 Å². The average Bonchev–Trinajstić information content (AvgIpc) is 2.83. The molecule has 0 saturated carbocycles. The van der Waals surface area contributed by atoms with Gasteiger partial charge in [-0.15, -0.1) is 0 Å². The Bertz CT molecular complexity index is 667. The van der Waals surface area contributed by atoms with E-state index in [1.807, 2.05) is 36.4 Å². The fraction of sp³-hybridized carbons (Fsp3) is 0.0833. The highest BCUT2D eigenvalue weighted by Gasteiger charge is 2.25. The van der Waals surface area contributed by atoms with Crippen LogP contribution in [0, 0.1) is 22.7 Å². The first-order valence-electron chi connectivity index (χ1n) is 4.84. The molecule has 0 N–H and O–H groups in total. The van der Waals surface area contributed by atoms with Gasteiger partial charge in [0, 0.05) is 5.56 Å². The van der Waals surface area contributed by atoms with Gasteiger partial charge in [0.25, 0.3) is 0 Å². The van der Waals surface area contributed by atoms with Crippen molar-refractivity contribution in [3.05, 3.63) is 41.2 Å². The van der Waals surface area contributed by atoms with Crippen LogP contribution >= 0.6 is 0 Å². The lowest BCUT2D eigenvalue weighted by atomic mass is 10.1. The number of imidazole rings is 1. The number of hydrogen-bond acceptors (Lipinski definition) is 3. The zero-order chi connectivity index (χ0) is 11.1. The Balaban J connectivity index is 2.32. The quantitative estimate of drug-likeness (QED) is 0.561. The van der Waals surface area contributed by atoms with E-state index in [0.717, 1.165) is 17.0 Å². The van der Waals surface area contributed by atoms with Gasteiger partial charge in [0.1, 0.15) is 18.0 Å². The molecule has 16 heavy (non-hydrogen) atoms. The third-order valence-corrected chi connectivity index (χ3v) is 2.77. The van der Waals surface area contributed by atoms with Crippen molar-refractivity contribution in [3.8, 4) is 23.5 Å². The lowest BCUT2D eigenvalue weighted by Crippen LogP contribution is -1.97. The number of hydrogen-bond donors (Lipinski definition) is 0. The maximum absolute atomic E-state index is 9.02. The predicted molar refractivity (Wildman–Crippen MR) is 56.2 cm³/mol. The van der Waals surface area contributed by atoms with E-state index in [1.165, 1.54) is 0 Å². The molecule has 4 nitrogen and oxygen atoms in total. The van der Waals surface area contributed by atoms with Crippen molar-refractivity contribution < 1.29 is 0 Å². The Labute approximate surface area is 92.0 Å². The van der Waals surface area contributed by atoms with Crippen LogP contribution in [0.3, 0.4) is 0 Å². The molecular weight excluding hydrogens is 200 g/mol. The zero-order valence-electron chi connectivity index (χ0n) is 8.31. The molecule has 1 aliphatic rings. The molecule has 1 aromatic carbocycles. The Morgan fingerprint density at radius 1 is 1.19 bits per heavy atom. The number of nitrogens with zero attached hydrogens (tertiary/aromatic N) is 4. The fourth-order valence-electron chi connectivity index (χ4n) is 2.05. The van der Waals surface area contributed by atoms with Gasteiger partial charge in [-0.3, -0.25) is 0 Å². The first kappa shape index (κ1) is 8.70. The second kappa shape index (κ2) is 2.95. The molecule has 0 spiro atoms. The summed E-state index contributed by atoms with van der Waals surface area (Å²) < 4.78 is 1.79. The molecule has 2 aromatic rings. The smallest absolute Gasteiger partial charge is 0.177 e. The van der Waals surface area contributed by atoms with Gasteiger partial charge < -0.3 is 4.57 Å². The average molecular weight is 206 g/mol. The summed E-state index contributed by atoms with van der Waals surface area (Å²) >= 11 is 0. The van der Waals surface area contributed by atoms with Gasteiger partial charge >= 0.3 is 0 Å². The van der Waals surface area contributed by atoms with Gasteiger partial charge in [-0.25, -0.2) is 4.98 Å². The summed E-state index contributed by atoms with van der Waals surface area (Å²) in [7, 11) is 0. The Morgan fingerprint density at radius 2 is 2.00 bits per heavy atom. The standard InChI is InChI=1S/C12H6N4/c13-5-10-11(6-14)16-7-8-3-1-2-4-9(8)12(16)15-10/h1-4H,7H2. The molecule has 0 aliphatic carbocycles. The van der Waals surface area contributed by atoms with E-state index in [4.69, 9.17) is 10.5 Å². The number of fused-ring (bicyclic) bond motifs is 3. The van der Waals surface area contributed by atoms with Crippen molar-refractivity contribution in [2.45, 2.75) is 6.54 Å². The molecule has 3 rings (SSSR count). The van der Waals surface area contributed by atoms with Crippen LogP contribution < -0.4 is 0 Å². The third-order valence-electron chi connectivity index (χ3n) is 2.77. The minimum Gasteiger partial charge on any atom is -0.310 e. The molecule has 0 bridgehead atoms. The number of aromatic nitrogens is 2. The number of nitriles is 2. The van der Waals surface area contributed by atoms with Crippen LogP contribution in [0.25, 0.3) is 11.4 Å². The van der Waals surface area contributed by atoms with E-state index < -0.39 is 0 Å². The van der Waals surface area contributed by atoms with E-state index >= 15 is 0 Å². The molecule has 0 atom stereocenters. The van der Waals surface area contributed by atoms with Crippen LogP contribution in [0.2, 0.25) is 0 Å². The highest BCUT2D eigenvalue weighted by molar-refractivity contribution is 5.67. The van der Waals surface area contributed by atoms with Gasteiger partial charge in [-0.1, -0.05) is 24.3 Å². The predicted octanol–water partition coefficient (Wildman–Crippen LogP) is 1.66. The SMILES string of the molecule is N#Cc1nc2n(c1C#N)Cc1ccccc1-2. The second-order valence-corrected chi connectivity index (χ2v) is 3.60. The van der Waals surface area contributed by atoms with Crippen LogP contribution in [0.1, 0.15) is 17.0 Å². The lowest BCUT2D eigenvalue weighted by Gasteiger charge is -1.96. The zero-order valence-corrected chi connectivity index (χ0v) is 8.31. The van der Waals surface area contributed by atoms with Crippen LogP contribution in [0.5, 0.6) is 0 Å². The third kappa shape index (κ3) is 0.933. The fourth-order valence-corrected chi connectivity index (χ4v) is 2.05. The summed E-state index contributed by atoms with van der Waals surface area (Å²) in [6.45, 7) is 0.628. The molecular formula is C12H6N4. The van der Waals surface area contributed by atoms with Crippen LogP contribution in [-0.4, -0.2) is 9.55 Å². The summed E-state index contributed by atoms with van der Waals surface area (Å²) in [4.78, 5) is 4.20. The second-order valence-electron chi connectivity index (χ2n) is 3.60. The molecule has 0 radical (unpaired) electrons. The topological polar surface area (TPSA) is 65.4 Å². The Hall–Kier alpha value is -2.59. The van der Waals surface area contributed by atoms with E-state index in [-0.39, 0.29) is 5.69 Å². The Kier molecular flexibility index (Phi) is 1.60. The first-order valence-corrected chi connectivity index (χ1v) is 4.84. The van der Waals surface area contributed by atoms with Gasteiger partial charge in [0.05, 0.1) is 6.54 Å². The van der Waals surface area contributed by atoms with Crippen molar-refractivity contribution >= 4 is 0 Å². The summed E-state index contributed by atoms with van der Waals surface area (Å²) in [5.41, 5.74) is 2.73. The van der Waals surface area contributed by atoms with E-state index in [9.17, 15) is 0 Å². The molecule has 1 aromatic heterocycles. The van der Waals surface area contributed by atoms with Gasteiger partial charge in [-0.2, -0.15) is 10.5 Å². The lowest BCUT2D eigenvalue weighted by molar-refractivity contribution is 0.833. The molecule has 1 aliphatic heterocycles. The normalized spacial score (nSPS) is 11.4. The molecule has 74 valence electrons. The summed E-state index contributed by atoms with van der Waals surface area (Å²) in [6, 6.07) is 11.9. The van der Waals surface area contributed by atoms with Gasteiger partial charge in [0.15, 0.2) is 11.4 Å². The highest BCUT2D eigenvalue weighted by Crippen LogP contribution is 2.32. The maximum Gasteiger partial charge on any atom is 0.177 e. The molecule has 0 saturated heterocycles. The molecule has 4 heteroatoms. The first-order chi connectivity index (χ1) is 7.85. The minimum absolute atomic E-state index is 0.215. The van der Waals surface area contributed by atoms with E-state index in [1.54, 1.807) is 4.57 Å². The van der Waals surface area contributed by atoms with Crippen LogP contribution in [-0.2, 0) is 6.54 Å². The van der Waals surface area contributed by atoms with Crippen molar-refractivity contribution in [3.63, 3.8) is 0 Å². The molecule has 0 unspecified atom stereocenters. The monoisotopic (exact) mass is 206 g/mol. The summed E-state index contributed by atoms with van der Waals surface area (Å²) in [6.07, 6.45) is 0. The molecule has 2 heterocycles. The van der Waals surface area contributed by atoms with Crippen LogP contribution in [0.15, 0.2) is 24.3 Å². The Morgan fingerprint density at radius 3 is 2.75 bits per heavy atom. The van der Waals surface area contributed by atoms with Crippen LogP contribution in [0.4, 0.5) is 0 Å². The van der Waals surface area contributed by atoms with Crippen molar-refractivity contribution in [1.29, 1.82) is 10.5 Å². The van der Waals surface area contributed by atoms with E-state index in [0.29, 0.717) is 12.2 Å². The number of benzene rings is 1. The summed E-state index contributed by atoms with van der Waals surface area (Å²) in [5.74, 6) is 0.726. The van der Waals surface area contributed by atoms with E-state index in [2.05, 4.69) is 4.98 Å². The minimum atomic E-state index is 0.215. The molecule has 0 fully saturated rings. The summed E-state index contributed by atoms with van der Waals surface area (Å²) in [5, 5.41) is 17.9. The van der Waals surface area contributed by atoms with Crippen molar-refractivity contribution in [1.82, 2.24) is 9.55 Å². The van der Waals surface area contributed by atoms with Gasteiger partial charge in [-0.05, 0) is 5.56 Å². The maximum atomic E-state index is 9.02. The largest absolute Gasteiger partial charge is 0.310 e. The highest BCUT2D eigenvalue weighted by atomic mass is 15.1. The number of rotatable bonds is 0. The molecule has 0 amide bonds. The van der Waals surface area contributed by atoms with Crippen molar-refractivity contribution in [2.75, 3.05) is 0 Å². The van der Waals surface area contributed by atoms with Crippen molar-refractivity contribution in [2.24, 2.45) is 0 Å².